The minimum atomic E-state index is -0.457. The molecule has 0 bridgehead atoms. The lowest BCUT2D eigenvalue weighted by Gasteiger charge is -2.09. The average Bonchev–Trinajstić information content (AvgIpc) is 2.98. The van der Waals surface area contributed by atoms with Gasteiger partial charge in [-0.2, -0.15) is 0 Å². The molecule has 1 heterocycles. The van der Waals surface area contributed by atoms with Crippen LogP contribution < -0.4 is 5.32 Å². The van der Waals surface area contributed by atoms with E-state index < -0.39 is 5.91 Å². The zero-order valence-electron chi connectivity index (χ0n) is 14.0. The third-order valence-corrected chi connectivity index (χ3v) is 4.50. The highest BCUT2D eigenvalue weighted by Crippen LogP contribution is 2.32. The summed E-state index contributed by atoms with van der Waals surface area (Å²) in [6, 6.07) is 11.7. The highest BCUT2D eigenvalue weighted by Gasteiger charge is 2.23. The molecule has 0 aliphatic carbocycles. The summed E-state index contributed by atoms with van der Waals surface area (Å²) in [4.78, 5) is 24.4. The molecular weight excluding hydrogens is 375 g/mol. The monoisotopic (exact) mass is 388 g/mol. The van der Waals surface area contributed by atoms with E-state index in [1.165, 1.54) is 13.0 Å². The SMILES string of the molecule is CC(=O)c1ccc(Cl)c(NC(=O)c2c(-c3ccccc3Cl)noc2C)c1. The zero-order chi connectivity index (χ0) is 18.8. The molecule has 0 radical (unpaired) electrons. The second-order valence-corrected chi connectivity index (χ2v) is 6.46. The standard InChI is InChI=1S/C19H14Cl2N2O3/c1-10(24)12-7-8-15(21)16(9-12)22-19(25)17-11(2)26-23-18(17)13-5-3-4-6-14(13)20/h3-9H,1-2H3,(H,22,25). The number of carbonyl (C=O) groups excluding carboxylic acids is 2. The van der Waals surface area contributed by atoms with Gasteiger partial charge in [-0.3, -0.25) is 9.59 Å². The first kappa shape index (κ1) is 18.2. The van der Waals surface area contributed by atoms with Crippen LogP contribution in [0.4, 0.5) is 5.69 Å². The Bertz CT molecular complexity index is 1010. The van der Waals surface area contributed by atoms with Crippen LogP contribution in [0.3, 0.4) is 0 Å². The molecule has 0 fully saturated rings. The largest absolute Gasteiger partial charge is 0.360 e. The number of carbonyl (C=O) groups is 2. The van der Waals surface area contributed by atoms with Crippen LogP contribution in [0.15, 0.2) is 47.0 Å². The van der Waals surface area contributed by atoms with E-state index in [1.807, 2.05) is 0 Å². The third-order valence-electron chi connectivity index (χ3n) is 3.84. The van der Waals surface area contributed by atoms with E-state index in [9.17, 15) is 9.59 Å². The molecule has 7 heteroatoms. The Morgan fingerprint density at radius 1 is 1.08 bits per heavy atom. The van der Waals surface area contributed by atoms with Gasteiger partial charge in [0.2, 0.25) is 0 Å². The quantitative estimate of drug-likeness (QED) is 0.606. The van der Waals surface area contributed by atoms with Crippen LogP contribution in [0.1, 0.15) is 33.4 Å². The van der Waals surface area contributed by atoms with Gasteiger partial charge in [0, 0.05) is 11.1 Å². The molecule has 1 N–H and O–H groups in total. The number of aromatic nitrogens is 1. The number of nitrogens with zero attached hydrogens (tertiary/aromatic N) is 1. The molecular formula is C19H14Cl2N2O3. The summed E-state index contributed by atoms with van der Waals surface area (Å²) in [6.07, 6.45) is 0. The van der Waals surface area contributed by atoms with Crippen LogP contribution in [0.5, 0.6) is 0 Å². The first-order chi connectivity index (χ1) is 12.4. The fraction of sp³-hybridized carbons (Fsp3) is 0.105. The molecule has 26 heavy (non-hydrogen) atoms. The van der Waals surface area contributed by atoms with Crippen LogP contribution in [0.2, 0.25) is 10.0 Å². The number of hydrogen-bond donors (Lipinski definition) is 1. The summed E-state index contributed by atoms with van der Waals surface area (Å²) < 4.78 is 5.20. The van der Waals surface area contributed by atoms with Gasteiger partial charge in [0.05, 0.1) is 15.7 Å². The number of aryl methyl sites for hydroxylation is 1. The molecule has 3 aromatic rings. The fourth-order valence-electron chi connectivity index (χ4n) is 2.50. The number of halogens is 2. The summed E-state index contributed by atoms with van der Waals surface area (Å²) in [7, 11) is 0. The Labute approximate surface area is 159 Å². The van der Waals surface area contributed by atoms with Gasteiger partial charge in [0.15, 0.2) is 5.78 Å². The number of anilines is 1. The molecule has 132 valence electrons. The van der Waals surface area contributed by atoms with E-state index >= 15 is 0 Å². The van der Waals surface area contributed by atoms with Gasteiger partial charge >= 0.3 is 0 Å². The van der Waals surface area contributed by atoms with Crippen molar-refractivity contribution in [2.75, 3.05) is 5.32 Å². The smallest absolute Gasteiger partial charge is 0.261 e. The van der Waals surface area contributed by atoms with Gasteiger partial charge in [0.25, 0.3) is 5.91 Å². The number of amides is 1. The molecule has 0 saturated heterocycles. The Balaban J connectivity index is 2.00. The number of ketones is 1. The molecule has 0 spiro atoms. The molecule has 3 rings (SSSR count). The van der Waals surface area contributed by atoms with Crippen LogP contribution in [0, 0.1) is 6.92 Å². The van der Waals surface area contributed by atoms with Gasteiger partial charge in [0.1, 0.15) is 17.0 Å². The summed E-state index contributed by atoms with van der Waals surface area (Å²) in [6.45, 7) is 3.07. The summed E-state index contributed by atoms with van der Waals surface area (Å²) in [5.74, 6) is -0.243. The molecule has 0 aliphatic heterocycles. The maximum absolute atomic E-state index is 12.8. The van der Waals surface area contributed by atoms with Crippen molar-refractivity contribution in [2.24, 2.45) is 0 Å². The van der Waals surface area contributed by atoms with E-state index in [4.69, 9.17) is 27.7 Å². The van der Waals surface area contributed by atoms with Gasteiger partial charge < -0.3 is 9.84 Å². The molecule has 2 aromatic carbocycles. The number of rotatable bonds is 4. The molecule has 0 atom stereocenters. The van der Waals surface area contributed by atoms with Crippen LogP contribution in [0.25, 0.3) is 11.3 Å². The van der Waals surface area contributed by atoms with E-state index in [2.05, 4.69) is 10.5 Å². The Morgan fingerprint density at radius 2 is 1.81 bits per heavy atom. The topological polar surface area (TPSA) is 72.2 Å². The van der Waals surface area contributed by atoms with Gasteiger partial charge in [-0.1, -0.05) is 46.6 Å². The van der Waals surface area contributed by atoms with Crippen molar-refractivity contribution in [2.45, 2.75) is 13.8 Å². The lowest BCUT2D eigenvalue weighted by atomic mass is 10.1. The van der Waals surface area contributed by atoms with Crippen molar-refractivity contribution in [1.82, 2.24) is 5.16 Å². The van der Waals surface area contributed by atoms with Crippen molar-refractivity contribution in [3.63, 3.8) is 0 Å². The Hall–Kier alpha value is -2.63. The van der Waals surface area contributed by atoms with Gasteiger partial charge in [-0.15, -0.1) is 0 Å². The van der Waals surface area contributed by atoms with E-state index in [0.29, 0.717) is 38.3 Å². The second-order valence-electron chi connectivity index (χ2n) is 5.65. The van der Waals surface area contributed by atoms with Crippen LogP contribution in [-0.2, 0) is 0 Å². The predicted molar refractivity (Wildman–Crippen MR) is 101 cm³/mol. The van der Waals surface area contributed by atoms with Crippen LogP contribution in [-0.4, -0.2) is 16.8 Å². The maximum Gasteiger partial charge on any atom is 0.261 e. The normalized spacial score (nSPS) is 10.6. The van der Waals surface area contributed by atoms with Gasteiger partial charge in [-0.05, 0) is 38.1 Å². The summed E-state index contributed by atoms with van der Waals surface area (Å²) in [5.41, 5.74) is 1.94. The molecule has 0 saturated carbocycles. The maximum atomic E-state index is 12.8. The predicted octanol–water partition coefficient (Wildman–Crippen LogP) is 5.41. The Kier molecular flexibility index (Phi) is 5.11. The highest BCUT2D eigenvalue weighted by molar-refractivity contribution is 6.34. The molecule has 0 unspecified atom stereocenters. The highest BCUT2D eigenvalue weighted by atomic mass is 35.5. The minimum absolute atomic E-state index is 0.130. The zero-order valence-corrected chi connectivity index (χ0v) is 15.5. The van der Waals surface area contributed by atoms with Gasteiger partial charge in [-0.25, -0.2) is 0 Å². The minimum Gasteiger partial charge on any atom is -0.360 e. The number of nitrogens with one attached hydrogen (secondary N) is 1. The van der Waals surface area contributed by atoms with E-state index in [0.717, 1.165) is 0 Å². The van der Waals surface area contributed by atoms with Crippen molar-refractivity contribution >= 4 is 40.6 Å². The lowest BCUT2D eigenvalue weighted by Crippen LogP contribution is -2.14. The van der Waals surface area contributed by atoms with Crippen molar-refractivity contribution in [1.29, 1.82) is 0 Å². The number of hydrogen-bond acceptors (Lipinski definition) is 4. The molecule has 0 aliphatic rings. The summed E-state index contributed by atoms with van der Waals surface area (Å²) in [5, 5.41) is 7.45. The second kappa shape index (κ2) is 7.32. The third kappa shape index (κ3) is 3.49. The van der Waals surface area contributed by atoms with Crippen molar-refractivity contribution < 1.29 is 14.1 Å². The average molecular weight is 389 g/mol. The molecule has 1 aromatic heterocycles. The lowest BCUT2D eigenvalue weighted by molar-refractivity contribution is 0.101. The number of benzene rings is 2. The Morgan fingerprint density at radius 3 is 2.50 bits per heavy atom. The molecule has 5 nitrogen and oxygen atoms in total. The van der Waals surface area contributed by atoms with Crippen LogP contribution >= 0.6 is 23.2 Å². The first-order valence-electron chi connectivity index (χ1n) is 7.71. The molecule has 1 amide bonds. The fourth-order valence-corrected chi connectivity index (χ4v) is 2.89. The van der Waals surface area contributed by atoms with E-state index in [1.54, 1.807) is 43.3 Å². The first-order valence-corrected chi connectivity index (χ1v) is 8.47. The number of Topliss-reactive ketones (excluding diaryl/α,β-unsaturated/α-hetero) is 1. The van der Waals surface area contributed by atoms with Crippen molar-refractivity contribution in [3.05, 3.63) is 69.4 Å². The summed E-state index contributed by atoms with van der Waals surface area (Å²) >= 11 is 12.4. The van der Waals surface area contributed by atoms with Crippen molar-refractivity contribution in [3.8, 4) is 11.3 Å². The van der Waals surface area contributed by atoms with E-state index in [-0.39, 0.29) is 11.3 Å².